The number of nitrogens with zero attached hydrogens (tertiary/aromatic N) is 1. The summed E-state index contributed by atoms with van der Waals surface area (Å²) in [5.41, 5.74) is 6.59. The molecule has 0 bridgehead atoms. The number of ether oxygens (including phenoxy) is 5. The zero-order chi connectivity index (χ0) is 23.4. The second-order valence-corrected chi connectivity index (χ2v) is 7.88. The summed E-state index contributed by atoms with van der Waals surface area (Å²) in [7, 11) is 2.91. The molecule has 2 heterocycles. The van der Waals surface area contributed by atoms with Crippen molar-refractivity contribution in [1.29, 1.82) is 0 Å². The van der Waals surface area contributed by atoms with Crippen molar-refractivity contribution in [3.05, 3.63) is 41.5 Å². The van der Waals surface area contributed by atoms with Gasteiger partial charge in [-0.15, -0.1) is 0 Å². The standard InChI is InChI=1S/C24H28N2O7/c1-29-20-12-16(13-21(30-2)23(20)33-14-22(25)27)24(28)26-8-3-5-17(26)15-6-7-18-19(11-15)32-10-4-9-31-18/h6-7,11-13,17H,3-5,8-10,14H2,1-2H3,(H2,25,27)/t17-/m1/s1. The first kappa shape index (κ1) is 22.6. The summed E-state index contributed by atoms with van der Waals surface area (Å²) in [4.78, 5) is 26.5. The number of amides is 2. The number of carbonyl (C=O) groups is 2. The Morgan fingerprint density at radius 3 is 2.39 bits per heavy atom. The Bertz CT molecular complexity index is 1010. The van der Waals surface area contributed by atoms with Crippen molar-refractivity contribution in [3.63, 3.8) is 0 Å². The minimum absolute atomic E-state index is 0.0857. The van der Waals surface area contributed by atoms with Gasteiger partial charge in [0.15, 0.2) is 29.6 Å². The third kappa shape index (κ3) is 4.76. The van der Waals surface area contributed by atoms with Crippen molar-refractivity contribution >= 4 is 11.8 Å². The summed E-state index contributed by atoms with van der Waals surface area (Å²) >= 11 is 0. The first-order valence-electron chi connectivity index (χ1n) is 10.9. The molecule has 0 aliphatic carbocycles. The lowest BCUT2D eigenvalue weighted by Crippen LogP contribution is -2.30. The van der Waals surface area contributed by atoms with Crippen LogP contribution >= 0.6 is 0 Å². The zero-order valence-electron chi connectivity index (χ0n) is 18.8. The molecule has 4 rings (SSSR count). The molecule has 0 spiro atoms. The van der Waals surface area contributed by atoms with Crippen LogP contribution in [0.5, 0.6) is 28.7 Å². The van der Waals surface area contributed by atoms with E-state index in [9.17, 15) is 9.59 Å². The highest BCUT2D eigenvalue weighted by atomic mass is 16.5. The van der Waals surface area contributed by atoms with E-state index in [0.717, 1.165) is 30.6 Å². The van der Waals surface area contributed by atoms with E-state index in [2.05, 4.69) is 0 Å². The van der Waals surface area contributed by atoms with Gasteiger partial charge in [0.1, 0.15) is 0 Å². The summed E-state index contributed by atoms with van der Waals surface area (Å²) in [5, 5.41) is 0. The molecule has 33 heavy (non-hydrogen) atoms. The van der Waals surface area contributed by atoms with Crippen molar-refractivity contribution in [2.24, 2.45) is 5.73 Å². The monoisotopic (exact) mass is 456 g/mol. The van der Waals surface area contributed by atoms with Crippen LogP contribution in [0.15, 0.2) is 30.3 Å². The topological polar surface area (TPSA) is 110 Å². The van der Waals surface area contributed by atoms with Gasteiger partial charge in [0.2, 0.25) is 5.75 Å². The fraction of sp³-hybridized carbons (Fsp3) is 0.417. The lowest BCUT2D eigenvalue weighted by molar-refractivity contribution is -0.120. The van der Waals surface area contributed by atoms with Gasteiger partial charge in [-0.05, 0) is 42.7 Å². The number of carbonyl (C=O) groups excluding carboxylic acids is 2. The van der Waals surface area contributed by atoms with Crippen LogP contribution in [0.25, 0.3) is 0 Å². The first-order chi connectivity index (χ1) is 16.0. The second-order valence-electron chi connectivity index (χ2n) is 7.88. The van der Waals surface area contributed by atoms with E-state index < -0.39 is 5.91 Å². The lowest BCUT2D eigenvalue weighted by atomic mass is 10.0. The molecule has 2 N–H and O–H groups in total. The van der Waals surface area contributed by atoms with Gasteiger partial charge in [-0.25, -0.2) is 0 Å². The smallest absolute Gasteiger partial charge is 0.255 e. The molecule has 0 aromatic heterocycles. The highest BCUT2D eigenvalue weighted by Gasteiger charge is 2.32. The molecule has 176 valence electrons. The van der Waals surface area contributed by atoms with Crippen LogP contribution in [0.1, 0.15) is 41.2 Å². The van der Waals surface area contributed by atoms with Crippen LogP contribution in [0, 0.1) is 0 Å². The Labute approximate surface area is 192 Å². The zero-order valence-corrected chi connectivity index (χ0v) is 18.8. The van der Waals surface area contributed by atoms with E-state index in [1.54, 1.807) is 12.1 Å². The molecule has 1 saturated heterocycles. The highest BCUT2D eigenvalue weighted by molar-refractivity contribution is 5.96. The molecular weight excluding hydrogens is 428 g/mol. The van der Waals surface area contributed by atoms with E-state index >= 15 is 0 Å². The van der Waals surface area contributed by atoms with Gasteiger partial charge in [0.05, 0.1) is 33.5 Å². The van der Waals surface area contributed by atoms with Gasteiger partial charge >= 0.3 is 0 Å². The predicted molar refractivity (Wildman–Crippen MR) is 119 cm³/mol. The number of likely N-dealkylation sites (tertiary alicyclic amines) is 1. The van der Waals surface area contributed by atoms with Gasteiger partial charge < -0.3 is 34.3 Å². The number of benzene rings is 2. The van der Waals surface area contributed by atoms with E-state index in [1.165, 1.54) is 14.2 Å². The third-order valence-electron chi connectivity index (χ3n) is 5.74. The van der Waals surface area contributed by atoms with E-state index in [4.69, 9.17) is 29.4 Å². The molecule has 0 saturated carbocycles. The van der Waals surface area contributed by atoms with Crippen molar-refractivity contribution in [2.75, 3.05) is 40.6 Å². The molecule has 9 heteroatoms. The van der Waals surface area contributed by atoms with Crippen LogP contribution in [-0.4, -0.2) is 57.3 Å². The maximum absolute atomic E-state index is 13.5. The molecular formula is C24H28N2O7. The molecule has 1 fully saturated rings. The number of primary amides is 1. The number of fused-ring (bicyclic) bond motifs is 1. The highest BCUT2D eigenvalue weighted by Crippen LogP contribution is 2.41. The van der Waals surface area contributed by atoms with Crippen LogP contribution in [-0.2, 0) is 4.79 Å². The Morgan fingerprint density at radius 2 is 1.73 bits per heavy atom. The molecule has 1 atom stereocenters. The Morgan fingerprint density at radius 1 is 1.03 bits per heavy atom. The maximum Gasteiger partial charge on any atom is 0.255 e. The summed E-state index contributed by atoms with van der Waals surface area (Å²) in [6.07, 6.45) is 2.57. The van der Waals surface area contributed by atoms with E-state index in [0.29, 0.717) is 31.1 Å². The first-order valence-corrected chi connectivity index (χ1v) is 10.9. The molecule has 2 amide bonds. The fourth-order valence-electron chi connectivity index (χ4n) is 4.20. The van der Waals surface area contributed by atoms with Crippen LogP contribution in [0.2, 0.25) is 0 Å². The lowest BCUT2D eigenvalue weighted by Gasteiger charge is -2.26. The Balaban J connectivity index is 1.62. The summed E-state index contributed by atoms with van der Waals surface area (Å²) in [5.74, 6) is 1.44. The minimum Gasteiger partial charge on any atom is -0.493 e. The number of methoxy groups -OCH3 is 2. The van der Waals surface area contributed by atoms with Gasteiger partial charge in [-0.3, -0.25) is 9.59 Å². The molecule has 0 unspecified atom stereocenters. The average molecular weight is 456 g/mol. The molecule has 2 aliphatic rings. The number of rotatable bonds is 7. The van der Waals surface area contributed by atoms with Gasteiger partial charge in [-0.2, -0.15) is 0 Å². The summed E-state index contributed by atoms with van der Waals surface area (Å²) < 4.78 is 27.8. The second kappa shape index (κ2) is 9.89. The van der Waals surface area contributed by atoms with E-state index in [1.807, 2.05) is 23.1 Å². The Hall–Kier alpha value is -3.62. The Kier molecular flexibility index (Phi) is 6.76. The molecule has 2 aliphatic heterocycles. The summed E-state index contributed by atoms with van der Waals surface area (Å²) in [6.45, 7) is 1.53. The number of nitrogens with two attached hydrogens (primary N) is 1. The molecule has 9 nitrogen and oxygen atoms in total. The van der Waals surface area contributed by atoms with E-state index in [-0.39, 0.29) is 35.8 Å². The molecule has 2 aromatic carbocycles. The van der Waals surface area contributed by atoms with Crippen molar-refractivity contribution in [3.8, 4) is 28.7 Å². The van der Waals surface area contributed by atoms with Gasteiger partial charge in [0.25, 0.3) is 11.8 Å². The van der Waals surface area contributed by atoms with Crippen molar-refractivity contribution in [1.82, 2.24) is 4.90 Å². The largest absolute Gasteiger partial charge is 0.493 e. The fourth-order valence-corrected chi connectivity index (χ4v) is 4.20. The quantitative estimate of drug-likeness (QED) is 0.682. The van der Waals surface area contributed by atoms with Crippen LogP contribution in [0.3, 0.4) is 0 Å². The average Bonchev–Trinajstić information content (AvgIpc) is 3.20. The third-order valence-corrected chi connectivity index (χ3v) is 5.74. The van der Waals surface area contributed by atoms with Gasteiger partial charge in [0, 0.05) is 18.5 Å². The number of hydrogen-bond donors (Lipinski definition) is 1. The minimum atomic E-state index is -0.630. The van der Waals surface area contributed by atoms with Crippen molar-refractivity contribution < 1.29 is 33.3 Å². The van der Waals surface area contributed by atoms with Crippen LogP contribution < -0.4 is 29.4 Å². The van der Waals surface area contributed by atoms with Gasteiger partial charge in [-0.1, -0.05) is 6.07 Å². The summed E-state index contributed by atoms with van der Waals surface area (Å²) in [6, 6.07) is 8.96. The molecule has 2 aromatic rings. The number of hydrogen-bond acceptors (Lipinski definition) is 7. The normalized spacial score (nSPS) is 17.3. The molecule has 0 radical (unpaired) electrons. The maximum atomic E-state index is 13.5. The van der Waals surface area contributed by atoms with Crippen molar-refractivity contribution in [2.45, 2.75) is 25.3 Å². The SMILES string of the molecule is COc1cc(C(=O)N2CCC[C@@H]2c2ccc3c(c2)OCCCO3)cc(OC)c1OCC(N)=O. The van der Waals surface area contributed by atoms with Crippen LogP contribution in [0.4, 0.5) is 0 Å². The predicted octanol–water partition coefficient (Wildman–Crippen LogP) is 2.71.